The second-order valence-corrected chi connectivity index (χ2v) is 9.41. The molecule has 1 fully saturated rings. The van der Waals surface area contributed by atoms with E-state index in [1.165, 1.54) is 49.8 Å². The number of para-hydroxylation sites is 2. The number of hydrogen-bond acceptors (Lipinski definition) is 4. The number of nitrogens with zero attached hydrogens (tertiary/aromatic N) is 1. The predicted molar refractivity (Wildman–Crippen MR) is 134 cm³/mol. The smallest absolute Gasteiger partial charge is 0.224 e. The average molecular weight is 444 g/mol. The van der Waals surface area contributed by atoms with E-state index in [2.05, 4.69) is 16.7 Å². The molecule has 0 bridgehead atoms. The second-order valence-electron chi connectivity index (χ2n) is 9.41. The number of carbonyl (C=O) groups excluding carboxylic acids is 1. The molecule has 172 valence electrons. The van der Waals surface area contributed by atoms with Crippen molar-refractivity contribution in [3.63, 3.8) is 0 Å². The molecule has 0 saturated heterocycles. The Morgan fingerprint density at radius 3 is 2.73 bits per heavy atom. The molecule has 0 atom stereocenters. The van der Waals surface area contributed by atoms with Gasteiger partial charge in [0.1, 0.15) is 5.75 Å². The first-order valence-electron chi connectivity index (χ1n) is 12.4. The minimum atomic E-state index is 0.103. The molecule has 2 aromatic carbocycles. The zero-order valence-corrected chi connectivity index (χ0v) is 19.5. The van der Waals surface area contributed by atoms with Gasteiger partial charge in [0.25, 0.3) is 0 Å². The summed E-state index contributed by atoms with van der Waals surface area (Å²) in [4.78, 5) is 17.6. The van der Waals surface area contributed by atoms with Crippen LogP contribution in [0.2, 0.25) is 0 Å². The van der Waals surface area contributed by atoms with E-state index in [1.54, 1.807) is 7.11 Å². The monoisotopic (exact) mass is 443 g/mol. The first-order valence-corrected chi connectivity index (χ1v) is 12.4. The van der Waals surface area contributed by atoms with Gasteiger partial charge in [0.2, 0.25) is 5.91 Å². The minimum Gasteiger partial charge on any atom is -0.495 e. The van der Waals surface area contributed by atoms with Crippen LogP contribution in [0.15, 0.2) is 42.5 Å². The molecule has 5 heteroatoms. The third-order valence-electron chi connectivity index (χ3n) is 7.17. The minimum absolute atomic E-state index is 0.103. The number of pyridine rings is 1. The van der Waals surface area contributed by atoms with Crippen molar-refractivity contribution < 1.29 is 9.53 Å². The molecule has 1 aromatic heterocycles. The Kier molecular flexibility index (Phi) is 6.47. The summed E-state index contributed by atoms with van der Waals surface area (Å²) in [6.07, 6.45) is 11.1. The molecule has 3 aromatic rings. The van der Waals surface area contributed by atoms with Crippen molar-refractivity contribution in [2.24, 2.45) is 5.92 Å². The van der Waals surface area contributed by atoms with Gasteiger partial charge in [-0.1, -0.05) is 37.8 Å². The van der Waals surface area contributed by atoms with Gasteiger partial charge in [-0.3, -0.25) is 9.78 Å². The van der Waals surface area contributed by atoms with Gasteiger partial charge >= 0.3 is 0 Å². The van der Waals surface area contributed by atoms with Crippen LogP contribution < -0.4 is 15.4 Å². The number of amides is 1. The molecule has 0 spiro atoms. The van der Waals surface area contributed by atoms with Crippen LogP contribution in [-0.2, 0) is 17.6 Å². The Balaban J connectivity index is 1.46. The number of aromatic nitrogens is 1. The lowest BCUT2D eigenvalue weighted by atomic mass is 9.92. The normalized spacial score (nSPS) is 15.9. The molecule has 0 unspecified atom stereocenters. The van der Waals surface area contributed by atoms with Gasteiger partial charge in [-0.15, -0.1) is 0 Å². The molecule has 1 heterocycles. The number of aryl methyl sites for hydroxylation is 1. The van der Waals surface area contributed by atoms with E-state index >= 15 is 0 Å². The lowest BCUT2D eigenvalue weighted by Crippen LogP contribution is -2.13. The van der Waals surface area contributed by atoms with E-state index in [9.17, 15) is 4.79 Å². The lowest BCUT2D eigenvalue weighted by molar-refractivity contribution is -0.116. The molecule has 1 saturated carbocycles. The van der Waals surface area contributed by atoms with Crippen LogP contribution in [0.25, 0.3) is 10.9 Å². The number of rotatable bonds is 7. The van der Waals surface area contributed by atoms with Crippen LogP contribution in [-0.4, -0.2) is 18.0 Å². The highest BCUT2D eigenvalue weighted by atomic mass is 16.5. The molecule has 2 aliphatic carbocycles. The van der Waals surface area contributed by atoms with Gasteiger partial charge in [0.05, 0.1) is 24.0 Å². The van der Waals surface area contributed by atoms with Crippen LogP contribution in [0.5, 0.6) is 5.75 Å². The zero-order chi connectivity index (χ0) is 22.6. The quantitative estimate of drug-likeness (QED) is 0.423. The van der Waals surface area contributed by atoms with Gasteiger partial charge in [-0.2, -0.15) is 0 Å². The van der Waals surface area contributed by atoms with Crippen molar-refractivity contribution in [3.8, 4) is 5.75 Å². The zero-order valence-electron chi connectivity index (χ0n) is 19.5. The number of hydrogen-bond donors (Lipinski definition) is 2. The molecule has 2 N–H and O–H groups in total. The predicted octanol–water partition coefficient (Wildman–Crippen LogP) is 6.77. The lowest BCUT2D eigenvalue weighted by Gasteiger charge is -2.23. The summed E-state index contributed by atoms with van der Waals surface area (Å²) in [7, 11) is 1.69. The fourth-order valence-electron chi connectivity index (χ4n) is 5.38. The maximum atomic E-state index is 12.6. The number of nitrogens with one attached hydrogen (secondary N) is 2. The molecule has 5 rings (SSSR count). The van der Waals surface area contributed by atoms with Gasteiger partial charge in [0, 0.05) is 23.2 Å². The fourth-order valence-corrected chi connectivity index (χ4v) is 5.38. The molecule has 1 amide bonds. The van der Waals surface area contributed by atoms with Gasteiger partial charge in [0.15, 0.2) is 0 Å². The Bertz CT molecular complexity index is 1150. The number of ether oxygens (including phenoxy) is 1. The van der Waals surface area contributed by atoms with Crippen LogP contribution >= 0.6 is 0 Å². The highest BCUT2D eigenvalue weighted by molar-refractivity contribution is 6.00. The first kappa shape index (κ1) is 21.7. The van der Waals surface area contributed by atoms with E-state index < -0.39 is 0 Å². The largest absolute Gasteiger partial charge is 0.495 e. The third kappa shape index (κ3) is 4.82. The van der Waals surface area contributed by atoms with E-state index in [0.717, 1.165) is 58.9 Å². The van der Waals surface area contributed by atoms with E-state index in [0.29, 0.717) is 6.42 Å². The summed E-state index contributed by atoms with van der Waals surface area (Å²) >= 11 is 0. The van der Waals surface area contributed by atoms with Crippen LogP contribution in [0.4, 0.5) is 17.1 Å². The molecule has 2 aliphatic rings. The summed E-state index contributed by atoms with van der Waals surface area (Å²) < 4.78 is 5.58. The Labute approximate surface area is 195 Å². The Hall–Kier alpha value is -3.08. The van der Waals surface area contributed by atoms with E-state index in [-0.39, 0.29) is 5.91 Å². The molecular formula is C28H33N3O2. The molecule has 33 heavy (non-hydrogen) atoms. The maximum absolute atomic E-state index is 12.6. The van der Waals surface area contributed by atoms with Crippen molar-refractivity contribution in [2.75, 3.05) is 17.7 Å². The molecular weight excluding hydrogens is 410 g/mol. The first-order chi connectivity index (χ1) is 16.2. The van der Waals surface area contributed by atoms with Crippen molar-refractivity contribution >= 4 is 33.9 Å². The summed E-state index contributed by atoms with van der Waals surface area (Å²) in [5.74, 6) is 1.63. The standard InChI is InChI=1S/C28H33N3O2/c1-33-26-13-7-6-12-25(26)31-28-21-10-4-5-11-23(21)30-24-16-15-20(18-22(24)28)29-27(32)17-14-19-8-2-3-9-19/h6-7,12-13,15-16,18-19H,2-5,8-11,14,17H2,1H3,(H,29,32)(H,30,31). The van der Waals surface area contributed by atoms with Gasteiger partial charge in [-0.05, 0) is 73.9 Å². The third-order valence-corrected chi connectivity index (χ3v) is 7.17. The number of anilines is 3. The summed E-state index contributed by atoms with van der Waals surface area (Å²) in [6.45, 7) is 0. The second kappa shape index (κ2) is 9.82. The average Bonchev–Trinajstić information content (AvgIpc) is 3.37. The van der Waals surface area contributed by atoms with Crippen LogP contribution in [0, 0.1) is 5.92 Å². The molecule has 0 aliphatic heterocycles. The van der Waals surface area contributed by atoms with E-state index in [4.69, 9.17) is 9.72 Å². The van der Waals surface area contributed by atoms with Gasteiger partial charge in [-0.25, -0.2) is 0 Å². The number of methoxy groups -OCH3 is 1. The SMILES string of the molecule is COc1ccccc1Nc1c2c(nc3ccc(NC(=O)CCC4CCCC4)cc13)CCCC2. The van der Waals surface area contributed by atoms with Gasteiger partial charge < -0.3 is 15.4 Å². The molecule has 0 radical (unpaired) electrons. The molecule has 5 nitrogen and oxygen atoms in total. The topological polar surface area (TPSA) is 63.2 Å². The van der Waals surface area contributed by atoms with Crippen LogP contribution in [0.3, 0.4) is 0 Å². The Morgan fingerprint density at radius 1 is 1.06 bits per heavy atom. The summed E-state index contributed by atoms with van der Waals surface area (Å²) in [5, 5.41) is 7.83. The highest BCUT2D eigenvalue weighted by Gasteiger charge is 2.20. The summed E-state index contributed by atoms with van der Waals surface area (Å²) in [6, 6.07) is 14.1. The maximum Gasteiger partial charge on any atom is 0.224 e. The van der Waals surface area contributed by atoms with Crippen molar-refractivity contribution in [1.82, 2.24) is 4.98 Å². The number of fused-ring (bicyclic) bond motifs is 2. The Morgan fingerprint density at radius 2 is 1.88 bits per heavy atom. The van der Waals surface area contributed by atoms with Crippen molar-refractivity contribution in [3.05, 3.63) is 53.7 Å². The number of carbonyl (C=O) groups is 1. The fraction of sp³-hybridized carbons (Fsp3) is 0.429. The number of benzene rings is 2. The van der Waals surface area contributed by atoms with Crippen molar-refractivity contribution in [2.45, 2.75) is 64.2 Å². The van der Waals surface area contributed by atoms with Crippen molar-refractivity contribution in [1.29, 1.82) is 0 Å². The summed E-state index contributed by atoms with van der Waals surface area (Å²) in [5.41, 5.74) is 6.27. The highest BCUT2D eigenvalue weighted by Crippen LogP contribution is 2.38. The van der Waals surface area contributed by atoms with Crippen LogP contribution in [0.1, 0.15) is 62.6 Å². The van der Waals surface area contributed by atoms with E-state index in [1.807, 2.05) is 36.4 Å².